The van der Waals surface area contributed by atoms with Crippen molar-refractivity contribution in [2.75, 3.05) is 54.2 Å². The SMILES string of the molecule is C=CCN(CCCOCC)CCC[Si](OC)(OC)OC. The molecule has 5 nitrogen and oxygen atoms in total. The average molecular weight is 305 g/mol. The lowest BCUT2D eigenvalue weighted by molar-refractivity contribution is 0.119. The van der Waals surface area contributed by atoms with Crippen LogP contribution in [0.5, 0.6) is 0 Å². The second-order valence-electron chi connectivity index (χ2n) is 4.54. The number of nitrogens with zero attached hydrogens (tertiary/aromatic N) is 1. The fourth-order valence-corrected chi connectivity index (χ4v) is 3.79. The molecule has 6 heteroatoms. The third-order valence-corrected chi connectivity index (χ3v) is 6.08. The van der Waals surface area contributed by atoms with E-state index in [4.69, 9.17) is 18.0 Å². The van der Waals surface area contributed by atoms with Gasteiger partial charge in [0.25, 0.3) is 0 Å². The zero-order valence-electron chi connectivity index (χ0n) is 13.5. The summed E-state index contributed by atoms with van der Waals surface area (Å²) < 4.78 is 21.6. The summed E-state index contributed by atoms with van der Waals surface area (Å²) in [6.07, 6.45) is 3.97. The van der Waals surface area contributed by atoms with Gasteiger partial charge in [0.15, 0.2) is 0 Å². The van der Waals surface area contributed by atoms with Crippen LogP contribution >= 0.6 is 0 Å². The van der Waals surface area contributed by atoms with Crippen LogP contribution in [0, 0.1) is 0 Å². The van der Waals surface area contributed by atoms with Crippen LogP contribution in [-0.2, 0) is 18.0 Å². The molecule has 0 N–H and O–H groups in total. The van der Waals surface area contributed by atoms with Crippen LogP contribution in [0.3, 0.4) is 0 Å². The Morgan fingerprint density at radius 2 is 1.65 bits per heavy atom. The van der Waals surface area contributed by atoms with Gasteiger partial charge >= 0.3 is 8.80 Å². The van der Waals surface area contributed by atoms with Crippen molar-refractivity contribution in [3.05, 3.63) is 12.7 Å². The van der Waals surface area contributed by atoms with Crippen LogP contribution in [-0.4, -0.2) is 67.9 Å². The molecule has 0 atom stereocenters. The first-order valence-electron chi connectivity index (χ1n) is 7.24. The minimum atomic E-state index is -2.43. The lowest BCUT2D eigenvalue weighted by atomic mass is 10.3. The van der Waals surface area contributed by atoms with Crippen LogP contribution in [0.1, 0.15) is 19.8 Å². The van der Waals surface area contributed by atoms with Crippen LogP contribution in [0.2, 0.25) is 6.04 Å². The lowest BCUT2D eigenvalue weighted by Gasteiger charge is -2.26. The molecule has 0 heterocycles. The van der Waals surface area contributed by atoms with Crippen LogP contribution in [0.25, 0.3) is 0 Å². The summed E-state index contributed by atoms with van der Waals surface area (Å²) in [5.74, 6) is 0. The molecular weight excluding hydrogens is 274 g/mol. The fraction of sp³-hybridized carbons (Fsp3) is 0.857. The van der Waals surface area contributed by atoms with E-state index in [2.05, 4.69) is 11.5 Å². The highest BCUT2D eigenvalue weighted by Crippen LogP contribution is 2.15. The predicted octanol–water partition coefficient (Wildman–Crippen LogP) is 2.17. The maximum Gasteiger partial charge on any atom is 0.500 e. The first-order chi connectivity index (χ1) is 9.67. The van der Waals surface area contributed by atoms with Crippen LogP contribution in [0.4, 0.5) is 0 Å². The molecule has 0 aliphatic carbocycles. The summed E-state index contributed by atoms with van der Waals surface area (Å²) in [5, 5.41) is 0. The highest BCUT2D eigenvalue weighted by Gasteiger charge is 2.36. The molecule has 0 unspecified atom stereocenters. The maximum atomic E-state index is 5.43. The molecule has 0 saturated heterocycles. The van der Waals surface area contributed by atoms with E-state index in [9.17, 15) is 0 Å². The Kier molecular flexibility index (Phi) is 12.3. The Labute approximate surface area is 125 Å². The number of rotatable bonds is 14. The Morgan fingerprint density at radius 3 is 2.15 bits per heavy atom. The molecule has 0 fully saturated rings. The quantitative estimate of drug-likeness (QED) is 0.279. The van der Waals surface area contributed by atoms with E-state index in [1.54, 1.807) is 21.3 Å². The van der Waals surface area contributed by atoms with Crippen molar-refractivity contribution in [3.63, 3.8) is 0 Å². The molecule has 0 bridgehead atoms. The van der Waals surface area contributed by atoms with Gasteiger partial charge in [-0.15, -0.1) is 6.58 Å². The van der Waals surface area contributed by atoms with E-state index >= 15 is 0 Å². The molecule has 0 radical (unpaired) electrons. The zero-order valence-corrected chi connectivity index (χ0v) is 14.5. The van der Waals surface area contributed by atoms with Crippen molar-refractivity contribution in [1.29, 1.82) is 0 Å². The molecule has 0 spiro atoms. The van der Waals surface area contributed by atoms with Crippen molar-refractivity contribution in [1.82, 2.24) is 4.90 Å². The summed E-state index contributed by atoms with van der Waals surface area (Å²) >= 11 is 0. The summed E-state index contributed by atoms with van der Waals surface area (Å²) in [4.78, 5) is 2.37. The number of hydrogen-bond donors (Lipinski definition) is 0. The van der Waals surface area contributed by atoms with Gasteiger partial charge in [0.05, 0.1) is 0 Å². The summed E-state index contributed by atoms with van der Waals surface area (Å²) in [5.41, 5.74) is 0. The van der Waals surface area contributed by atoms with Gasteiger partial charge in [0, 0.05) is 53.7 Å². The Hall–Kier alpha value is -0.243. The molecule has 0 aromatic rings. The predicted molar refractivity (Wildman–Crippen MR) is 84.0 cm³/mol. The van der Waals surface area contributed by atoms with Crippen molar-refractivity contribution in [2.24, 2.45) is 0 Å². The van der Waals surface area contributed by atoms with Crippen molar-refractivity contribution >= 4 is 8.80 Å². The summed E-state index contributed by atoms with van der Waals surface area (Å²) in [7, 11) is 2.54. The van der Waals surface area contributed by atoms with Gasteiger partial charge in [-0.25, -0.2) is 0 Å². The first-order valence-corrected chi connectivity index (χ1v) is 9.17. The average Bonchev–Trinajstić information content (AvgIpc) is 2.48. The monoisotopic (exact) mass is 305 g/mol. The van der Waals surface area contributed by atoms with Gasteiger partial charge in [-0.3, -0.25) is 4.90 Å². The van der Waals surface area contributed by atoms with Gasteiger partial charge in [-0.2, -0.15) is 0 Å². The van der Waals surface area contributed by atoms with Crippen LogP contribution in [0.15, 0.2) is 12.7 Å². The molecule has 120 valence electrons. The third-order valence-electron chi connectivity index (χ3n) is 3.24. The molecule has 0 aromatic heterocycles. The molecule has 0 aliphatic heterocycles. The first kappa shape index (κ1) is 19.8. The van der Waals surface area contributed by atoms with Crippen molar-refractivity contribution in [3.8, 4) is 0 Å². The number of ether oxygens (including phenoxy) is 1. The van der Waals surface area contributed by atoms with E-state index in [1.165, 1.54) is 0 Å². The minimum absolute atomic E-state index is 0.783. The summed E-state index contributed by atoms with van der Waals surface area (Å²) in [6, 6.07) is 0.829. The second kappa shape index (κ2) is 12.5. The molecule has 0 rings (SSSR count). The highest BCUT2D eigenvalue weighted by molar-refractivity contribution is 6.60. The van der Waals surface area contributed by atoms with E-state index in [0.29, 0.717) is 0 Å². The molecule has 0 amide bonds. The largest absolute Gasteiger partial charge is 0.500 e. The van der Waals surface area contributed by atoms with E-state index < -0.39 is 8.80 Å². The van der Waals surface area contributed by atoms with Gasteiger partial charge in [-0.1, -0.05) is 6.08 Å². The maximum absolute atomic E-state index is 5.43. The van der Waals surface area contributed by atoms with Crippen LogP contribution < -0.4 is 0 Å². The number of hydrogen-bond acceptors (Lipinski definition) is 5. The van der Waals surface area contributed by atoms with Crippen molar-refractivity contribution in [2.45, 2.75) is 25.8 Å². The molecule has 0 saturated carbocycles. The Balaban J connectivity index is 4.03. The van der Waals surface area contributed by atoms with E-state index in [1.807, 2.05) is 13.0 Å². The van der Waals surface area contributed by atoms with E-state index in [0.717, 1.165) is 51.7 Å². The van der Waals surface area contributed by atoms with Gasteiger partial charge in [0.2, 0.25) is 0 Å². The summed E-state index contributed by atoms with van der Waals surface area (Å²) in [6.45, 7) is 10.3. The highest BCUT2D eigenvalue weighted by atomic mass is 28.4. The Bertz CT molecular complexity index is 229. The zero-order chi connectivity index (χ0) is 15.3. The third kappa shape index (κ3) is 8.14. The normalized spacial score (nSPS) is 12.1. The Morgan fingerprint density at radius 1 is 1.05 bits per heavy atom. The second-order valence-corrected chi connectivity index (χ2v) is 7.63. The smallest absolute Gasteiger partial charge is 0.382 e. The molecule has 0 aromatic carbocycles. The molecule has 0 aliphatic rings. The van der Waals surface area contributed by atoms with Gasteiger partial charge < -0.3 is 18.0 Å². The lowest BCUT2D eigenvalue weighted by Crippen LogP contribution is -2.43. The van der Waals surface area contributed by atoms with Crippen molar-refractivity contribution < 1.29 is 18.0 Å². The molecular formula is C14H31NO4Si. The van der Waals surface area contributed by atoms with E-state index in [-0.39, 0.29) is 0 Å². The topological polar surface area (TPSA) is 40.2 Å². The molecule has 20 heavy (non-hydrogen) atoms. The van der Waals surface area contributed by atoms with Gasteiger partial charge in [-0.05, 0) is 26.3 Å². The standard InChI is InChI=1S/C14H31NO4Si/c1-6-10-15(11-8-13-19-7-2)12-9-14-20(16-3,17-4)18-5/h6H,1,7-14H2,2-5H3. The minimum Gasteiger partial charge on any atom is -0.382 e. The van der Waals surface area contributed by atoms with Gasteiger partial charge in [0.1, 0.15) is 0 Å². The fourth-order valence-electron chi connectivity index (χ4n) is 2.09.